The van der Waals surface area contributed by atoms with Gasteiger partial charge in [0.15, 0.2) is 0 Å². The maximum absolute atomic E-state index is 12.0. The molecule has 2 aromatic carbocycles. The van der Waals surface area contributed by atoms with Crippen molar-refractivity contribution in [2.45, 2.75) is 19.6 Å². The van der Waals surface area contributed by atoms with E-state index >= 15 is 0 Å². The molecule has 1 saturated heterocycles. The smallest absolute Gasteiger partial charge is 0.348 e. The van der Waals surface area contributed by atoms with E-state index < -0.39 is 17.7 Å². The summed E-state index contributed by atoms with van der Waals surface area (Å²) >= 11 is 0. The molecule has 0 aliphatic carbocycles. The molecule has 0 bridgehead atoms. The number of hydrogen-bond acceptors (Lipinski definition) is 5. The van der Waals surface area contributed by atoms with Crippen molar-refractivity contribution in [2.24, 2.45) is 0 Å². The van der Waals surface area contributed by atoms with E-state index in [1.807, 2.05) is 12.1 Å². The Kier molecular flexibility index (Phi) is 3.13. The molecule has 5 nitrogen and oxygen atoms in total. The highest BCUT2D eigenvalue weighted by atomic mass is 16.7. The van der Waals surface area contributed by atoms with Crippen molar-refractivity contribution in [3.05, 3.63) is 47.5 Å². The maximum atomic E-state index is 12.0. The summed E-state index contributed by atoms with van der Waals surface area (Å²) in [6, 6.07) is 10.4. The fourth-order valence-electron chi connectivity index (χ4n) is 2.40. The molecule has 3 rings (SSSR count). The van der Waals surface area contributed by atoms with Gasteiger partial charge in [-0.25, -0.2) is 9.59 Å². The van der Waals surface area contributed by atoms with Gasteiger partial charge in [-0.05, 0) is 23.1 Å². The Hall–Kier alpha value is -2.82. The van der Waals surface area contributed by atoms with E-state index in [0.29, 0.717) is 10.9 Å². The third-order valence-electron chi connectivity index (χ3n) is 3.33. The van der Waals surface area contributed by atoms with E-state index in [0.717, 1.165) is 5.39 Å². The highest BCUT2D eigenvalue weighted by Crippen LogP contribution is 2.31. The number of rotatable bonds is 1. The van der Waals surface area contributed by atoms with Crippen molar-refractivity contribution in [3.63, 3.8) is 0 Å². The molecule has 1 aliphatic heterocycles. The first-order valence-corrected chi connectivity index (χ1v) is 6.76. The minimum Gasteiger partial charge on any atom is -0.507 e. The van der Waals surface area contributed by atoms with Crippen molar-refractivity contribution >= 4 is 28.8 Å². The Morgan fingerprint density at radius 2 is 1.59 bits per heavy atom. The van der Waals surface area contributed by atoms with Gasteiger partial charge in [0.2, 0.25) is 0 Å². The van der Waals surface area contributed by atoms with E-state index in [9.17, 15) is 14.7 Å². The highest BCUT2D eigenvalue weighted by Gasteiger charge is 2.38. The lowest BCUT2D eigenvalue weighted by Gasteiger charge is -2.29. The Bertz CT molecular complexity index is 790. The number of benzene rings is 2. The zero-order chi connectivity index (χ0) is 15.9. The van der Waals surface area contributed by atoms with Crippen LogP contribution in [0.3, 0.4) is 0 Å². The van der Waals surface area contributed by atoms with Crippen LogP contribution in [0.5, 0.6) is 5.75 Å². The lowest BCUT2D eigenvalue weighted by atomic mass is 10.0. The summed E-state index contributed by atoms with van der Waals surface area (Å²) in [5, 5.41) is 11.4. The second kappa shape index (κ2) is 4.87. The fraction of sp³-hybridized carbons (Fsp3) is 0.176. The standard InChI is InChI=1S/C17H14O5/c1-17(2)21-15(19)12(16(20)22-17)9-11-7-3-5-10-6-4-8-13(18)14(10)11/h3-9,18H,1-2H3. The first kappa shape index (κ1) is 14.1. The number of esters is 2. The summed E-state index contributed by atoms with van der Waals surface area (Å²) in [6.45, 7) is 2.98. The minimum absolute atomic E-state index is 0.0721. The monoisotopic (exact) mass is 298 g/mol. The summed E-state index contributed by atoms with van der Waals surface area (Å²) in [5.41, 5.74) is 0.342. The van der Waals surface area contributed by atoms with Gasteiger partial charge in [0.05, 0.1) is 0 Å². The van der Waals surface area contributed by atoms with E-state index in [2.05, 4.69) is 0 Å². The highest BCUT2D eigenvalue weighted by molar-refractivity contribution is 6.19. The molecule has 0 spiro atoms. The molecule has 1 fully saturated rings. The molecule has 0 amide bonds. The summed E-state index contributed by atoms with van der Waals surface area (Å²) in [6.07, 6.45) is 1.38. The number of aromatic hydroxyl groups is 1. The van der Waals surface area contributed by atoms with Gasteiger partial charge in [0.1, 0.15) is 11.3 Å². The normalized spacial score (nSPS) is 17.1. The van der Waals surface area contributed by atoms with Gasteiger partial charge >= 0.3 is 11.9 Å². The van der Waals surface area contributed by atoms with E-state index in [1.165, 1.54) is 19.9 Å². The number of cyclic esters (lactones) is 2. The molecule has 0 radical (unpaired) electrons. The summed E-state index contributed by atoms with van der Waals surface area (Å²) in [4.78, 5) is 24.0. The number of phenolic OH excluding ortho intramolecular Hbond substituents is 1. The molecular formula is C17H14O5. The Morgan fingerprint density at radius 1 is 1.00 bits per heavy atom. The van der Waals surface area contributed by atoms with Crippen LogP contribution in [-0.2, 0) is 19.1 Å². The number of ether oxygens (including phenoxy) is 2. The molecule has 5 heteroatoms. The summed E-state index contributed by atoms with van der Waals surface area (Å²) < 4.78 is 10.1. The molecular weight excluding hydrogens is 284 g/mol. The number of hydrogen-bond donors (Lipinski definition) is 1. The number of phenols is 1. The molecule has 22 heavy (non-hydrogen) atoms. The van der Waals surface area contributed by atoms with Crippen molar-refractivity contribution in [1.82, 2.24) is 0 Å². The molecule has 0 saturated carbocycles. The third kappa shape index (κ3) is 2.41. The second-order valence-electron chi connectivity index (χ2n) is 5.46. The average molecular weight is 298 g/mol. The van der Waals surface area contributed by atoms with Gasteiger partial charge in [0.25, 0.3) is 5.79 Å². The predicted octanol–water partition coefficient (Wildman–Crippen LogP) is 2.76. The third-order valence-corrected chi connectivity index (χ3v) is 3.33. The van der Waals surface area contributed by atoms with Crippen molar-refractivity contribution in [3.8, 4) is 5.75 Å². The predicted molar refractivity (Wildman–Crippen MR) is 79.9 cm³/mol. The van der Waals surface area contributed by atoms with Crippen LogP contribution in [0.15, 0.2) is 42.0 Å². The number of fused-ring (bicyclic) bond motifs is 1. The summed E-state index contributed by atoms with van der Waals surface area (Å²) in [7, 11) is 0. The zero-order valence-electron chi connectivity index (χ0n) is 12.1. The van der Waals surface area contributed by atoms with E-state index in [-0.39, 0.29) is 11.3 Å². The Morgan fingerprint density at radius 3 is 2.23 bits per heavy atom. The molecule has 0 atom stereocenters. The lowest BCUT2D eigenvalue weighted by Crippen LogP contribution is -2.41. The van der Waals surface area contributed by atoms with Crippen LogP contribution >= 0.6 is 0 Å². The molecule has 0 aromatic heterocycles. The first-order chi connectivity index (χ1) is 10.4. The Labute approximate surface area is 126 Å². The first-order valence-electron chi connectivity index (χ1n) is 6.76. The van der Waals surface area contributed by atoms with Gasteiger partial charge in [-0.15, -0.1) is 0 Å². The van der Waals surface area contributed by atoms with Gasteiger partial charge in [-0.2, -0.15) is 0 Å². The van der Waals surface area contributed by atoms with Gasteiger partial charge in [-0.3, -0.25) is 0 Å². The van der Waals surface area contributed by atoms with Crippen molar-refractivity contribution in [1.29, 1.82) is 0 Å². The van der Waals surface area contributed by atoms with E-state index in [1.54, 1.807) is 24.3 Å². The topological polar surface area (TPSA) is 72.8 Å². The molecule has 112 valence electrons. The average Bonchev–Trinajstić information content (AvgIpc) is 2.42. The van der Waals surface area contributed by atoms with Crippen LogP contribution in [-0.4, -0.2) is 22.8 Å². The van der Waals surface area contributed by atoms with Crippen molar-refractivity contribution in [2.75, 3.05) is 0 Å². The number of carbonyl (C=O) groups excluding carboxylic acids is 2. The zero-order valence-corrected chi connectivity index (χ0v) is 12.1. The quantitative estimate of drug-likeness (QED) is 0.498. The SMILES string of the molecule is CC1(C)OC(=O)C(=Cc2cccc3cccc(O)c23)C(=O)O1. The molecule has 1 heterocycles. The van der Waals surface area contributed by atoms with Gasteiger partial charge in [-0.1, -0.05) is 30.3 Å². The summed E-state index contributed by atoms with van der Waals surface area (Å²) in [5.74, 6) is -2.68. The number of carbonyl (C=O) groups is 2. The molecule has 1 aliphatic rings. The fourth-order valence-corrected chi connectivity index (χ4v) is 2.40. The van der Waals surface area contributed by atoms with Crippen LogP contribution < -0.4 is 0 Å². The second-order valence-corrected chi connectivity index (χ2v) is 5.46. The maximum Gasteiger partial charge on any atom is 0.348 e. The molecule has 2 aromatic rings. The Balaban J connectivity index is 2.13. The van der Waals surface area contributed by atoms with Crippen LogP contribution in [0.1, 0.15) is 19.4 Å². The van der Waals surface area contributed by atoms with Crippen LogP contribution in [0, 0.1) is 0 Å². The van der Waals surface area contributed by atoms with Crippen LogP contribution in [0.25, 0.3) is 16.8 Å². The van der Waals surface area contributed by atoms with E-state index in [4.69, 9.17) is 9.47 Å². The van der Waals surface area contributed by atoms with Gasteiger partial charge < -0.3 is 14.6 Å². The van der Waals surface area contributed by atoms with Crippen LogP contribution in [0.2, 0.25) is 0 Å². The lowest BCUT2D eigenvalue weighted by molar-refractivity contribution is -0.222. The van der Waals surface area contributed by atoms with Gasteiger partial charge in [0, 0.05) is 19.2 Å². The van der Waals surface area contributed by atoms with Crippen LogP contribution in [0.4, 0.5) is 0 Å². The van der Waals surface area contributed by atoms with Crippen molar-refractivity contribution < 1.29 is 24.2 Å². The largest absolute Gasteiger partial charge is 0.507 e. The minimum atomic E-state index is -1.27. The molecule has 0 unspecified atom stereocenters. The molecule has 1 N–H and O–H groups in total.